The molecule has 2 aromatic heterocycles. The van der Waals surface area contributed by atoms with E-state index in [0.29, 0.717) is 35.4 Å². The maximum Gasteiger partial charge on any atom is 0.251 e. The smallest absolute Gasteiger partial charge is 0.251 e. The molecule has 5 rings (SSSR count). The lowest BCUT2D eigenvalue weighted by Gasteiger charge is -2.20. The monoisotopic (exact) mass is 474 g/mol. The second-order valence-corrected chi connectivity index (χ2v) is 9.42. The standard InChI is InChI=1S/C27H27FN4O3/c1-5-32-20(10-16(2)30-32)15-31-23-13-17(6-8-22(23)27(3,4)26(31)34)25(33)29-14-21-12-18-11-19(28)7-9-24(18)35-21/h6-13H,5,14-15H2,1-4H3,(H,29,33). The molecule has 7 nitrogen and oxygen atoms in total. The molecule has 0 saturated heterocycles. The summed E-state index contributed by atoms with van der Waals surface area (Å²) < 4.78 is 21.0. The summed E-state index contributed by atoms with van der Waals surface area (Å²) in [6.07, 6.45) is 0. The summed E-state index contributed by atoms with van der Waals surface area (Å²) in [5.41, 5.74) is 3.77. The fourth-order valence-electron chi connectivity index (χ4n) is 4.73. The number of furan rings is 1. The van der Waals surface area contributed by atoms with Gasteiger partial charge in [-0.2, -0.15) is 5.10 Å². The number of aromatic nitrogens is 2. The molecule has 0 fully saturated rings. The first-order valence-corrected chi connectivity index (χ1v) is 11.6. The number of hydrogen-bond acceptors (Lipinski definition) is 4. The Kier molecular flexibility index (Phi) is 5.46. The predicted molar refractivity (Wildman–Crippen MR) is 131 cm³/mol. The third kappa shape index (κ3) is 3.99. The summed E-state index contributed by atoms with van der Waals surface area (Å²) in [6, 6.07) is 13.4. The number of hydrogen-bond donors (Lipinski definition) is 1. The zero-order chi connectivity index (χ0) is 24.9. The number of amides is 2. The van der Waals surface area contributed by atoms with Crippen molar-refractivity contribution in [3.63, 3.8) is 0 Å². The van der Waals surface area contributed by atoms with E-state index < -0.39 is 5.41 Å². The van der Waals surface area contributed by atoms with Gasteiger partial charge in [0.1, 0.15) is 17.2 Å². The molecule has 2 aromatic carbocycles. The highest BCUT2D eigenvalue weighted by Crippen LogP contribution is 2.42. The summed E-state index contributed by atoms with van der Waals surface area (Å²) in [5, 5.41) is 7.99. The van der Waals surface area contributed by atoms with Crippen molar-refractivity contribution >= 4 is 28.5 Å². The van der Waals surface area contributed by atoms with E-state index in [1.807, 2.05) is 44.5 Å². The summed E-state index contributed by atoms with van der Waals surface area (Å²) in [5.74, 6) is -0.112. The van der Waals surface area contributed by atoms with Crippen molar-refractivity contribution in [1.29, 1.82) is 0 Å². The van der Waals surface area contributed by atoms with Gasteiger partial charge in [-0.25, -0.2) is 4.39 Å². The highest BCUT2D eigenvalue weighted by atomic mass is 19.1. The number of aryl methyl sites for hydroxylation is 2. The van der Waals surface area contributed by atoms with Gasteiger partial charge in [0.05, 0.1) is 29.9 Å². The number of anilines is 1. The molecule has 0 aliphatic carbocycles. The lowest BCUT2D eigenvalue weighted by Crippen LogP contribution is -2.36. The largest absolute Gasteiger partial charge is 0.459 e. The third-order valence-corrected chi connectivity index (χ3v) is 6.56. The Morgan fingerprint density at radius 2 is 1.94 bits per heavy atom. The summed E-state index contributed by atoms with van der Waals surface area (Å²) >= 11 is 0. The quantitative estimate of drug-likeness (QED) is 0.433. The topological polar surface area (TPSA) is 80.4 Å². The van der Waals surface area contributed by atoms with Gasteiger partial charge in [0.2, 0.25) is 5.91 Å². The fourth-order valence-corrected chi connectivity index (χ4v) is 4.73. The molecule has 0 saturated carbocycles. The van der Waals surface area contributed by atoms with Crippen LogP contribution in [0.4, 0.5) is 10.1 Å². The molecule has 2 amide bonds. The maximum absolute atomic E-state index is 13.4. The van der Waals surface area contributed by atoms with E-state index in [2.05, 4.69) is 10.4 Å². The first kappa shape index (κ1) is 22.8. The Morgan fingerprint density at radius 1 is 1.14 bits per heavy atom. The molecule has 0 radical (unpaired) electrons. The Hall–Kier alpha value is -3.94. The molecule has 0 unspecified atom stereocenters. The molecule has 35 heavy (non-hydrogen) atoms. The third-order valence-electron chi connectivity index (χ3n) is 6.56. The minimum atomic E-state index is -0.694. The number of rotatable bonds is 6. The molecule has 0 spiro atoms. The van der Waals surface area contributed by atoms with E-state index in [4.69, 9.17) is 4.42 Å². The van der Waals surface area contributed by atoms with Crippen LogP contribution in [-0.2, 0) is 29.8 Å². The second-order valence-electron chi connectivity index (χ2n) is 9.42. The highest BCUT2D eigenvalue weighted by molar-refractivity contribution is 6.08. The van der Waals surface area contributed by atoms with E-state index in [0.717, 1.165) is 22.6 Å². The zero-order valence-corrected chi connectivity index (χ0v) is 20.2. The van der Waals surface area contributed by atoms with Crippen LogP contribution < -0.4 is 10.2 Å². The van der Waals surface area contributed by atoms with Gasteiger partial charge in [-0.15, -0.1) is 0 Å². The SMILES string of the molecule is CCn1nc(C)cc1CN1C(=O)C(C)(C)c2ccc(C(=O)NCc3cc4cc(F)ccc4o3)cc21. The van der Waals surface area contributed by atoms with Gasteiger partial charge in [0.15, 0.2) is 0 Å². The van der Waals surface area contributed by atoms with Crippen LogP contribution in [0.25, 0.3) is 11.0 Å². The van der Waals surface area contributed by atoms with Gasteiger partial charge in [-0.1, -0.05) is 6.07 Å². The molecular weight excluding hydrogens is 447 g/mol. The molecule has 1 N–H and O–H groups in total. The fraction of sp³-hybridized carbons (Fsp3) is 0.296. The minimum Gasteiger partial charge on any atom is -0.459 e. The van der Waals surface area contributed by atoms with Crippen LogP contribution in [0.3, 0.4) is 0 Å². The van der Waals surface area contributed by atoms with Crippen molar-refractivity contribution < 1.29 is 18.4 Å². The molecule has 4 aromatic rings. The molecule has 0 atom stereocenters. The van der Waals surface area contributed by atoms with Crippen molar-refractivity contribution in [3.8, 4) is 0 Å². The Morgan fingerprint density at radius 3 is 2.71 bits per heavy atom. The van der Waals surface area contributed by atoms with Gasteiger partial charge in [0.25, 0.3) is 5.91 Å². The average molecular weight is 475 g/mol. The Bertz CT molecular complexity index is 1470. The van der Waals surface area contributed by atoms with Crippen molar-refractivity contribution in [3.05, 3.63) is 82.6 Å². The number of nitrogens with zero attached hydrogens (tertiary/aromatic N) is 3. The number of nitrogens with one attached hydrogen (secondary N) is 1. The van der Waals surface area contributed by atoms with Crippen molar-refractivity contribution in [1.82, 2.24) is 15.1 Å². The van der Waals surface area contributed by atoms with E-state index >= 15 is 0 Å². The minimum absolute atomic E-state index is 0.0129. The first-order valence-electron chi connectivity index (χ1n) is 11.6. The molecule has 1 aliphatic heterocycles. The van der Waals surface area contributed by atoms with Gasteiger partial charge >= 0.3 is 0 Å². The number of halogens is 1. The average Bonchev–Trinajstić information content (AvgIpc) is 3.46. The second kappa shape index (κ2) is 8.37. The number of fused-ring (bicyclic) bond motifs is 2. The van der Waals surface area contributed by atoms with Crippen LogP contribution in [0.5, 0.6) is 0 Å². The zero-order valence-electron chi connectivity index (χ0n) is 20.2. The number of carbonyl (C=O) groups excluding carboxylic acids is 2. The molecular formula is C27H27FN4O3. The van der Waals surface area contributed by atoms with Crippen molar-refractivity contribution in [2.24, 2.45) is 0 Å². The molecule has 0 bridgehead atoms. The molecule has 8 heteroatoms. The van der Waals surface area contributed by atoms with E-state index in [9.17, 15) is 14.0 Å². The van der Waals surface area contributed by atoms with Crippen LogP contribution in [0.1, 0.15) is 53.8 Å². The van der Waals surface area contributed by atoms with Crippen LogP contribution in [0.2, 0.25) is 0 Å². The number of carbonyl (C=O) groups is 2. The Balaban J connectivity index is 1.39. The summed E-state index contributed by atoms with van der Waals surface area (Å²) in [7, 11) is 0. The van der Waals surface area contributed by atoms with Gasteiger partial charge < -0.3 is 14.6 Å². The lowest BCUT2D eigenvalue weighted by molar-refractivity contribution is -0.122. The van der Waals surface area contributed by atoms with Gasteiger partial charge in [0, 0.05) is 23.2 Å². The van der Waals surface area contributed by atoms with E-state index in [-0.39, 0.29) is 24.2 Å². The van der Waals surface area contributed by atoms with Crippen LogP contribution in [0, 0.1) is 12.7 Å². The predicted octanol–water partition coefficient (Wildman–Crippen LogP) is 4.85. The summed E-state index contributed by atoms with van der Waals surface area (Å²) in [4.78, 5) is 28.1. The van der Waals surface area contributed by atoms with Gasteiger partial charge in [-0.3, -0.25) is 14.3 Å². The van der Waals surface area contributed by atoms with Crippen molar-refractivity contribution in [2.45, 2.75) is 52.7 Å². The van der Waals surface area contributed by atoms with Crippen LogP contribution in [-0.4, -0.2) is 21.6 Å². The first-order chi connectivity index (χ1) is 16.7. The lowest BCUT2D eigenvalue weighted by atomic mass is 9.86. The normalized spacial score (nSPS) is 14.5. The summed E-state index contributed by atoms with van der Waals surface area (Å²) in [6.45, 7) is 9.00. The maximum atomic E-state index is 13.4. The van der Waals surface area contributed by atoms with Crippen LogP contribution in [0.15, 0.2) is 52.9 Å². The molecule has 3 heterocycles. The molecule has 1 aliphatic rings. The molecule has 180 valence electrons. The highest BCUT2D eigenvalue weighted by Gasteiger charge is 2.44. The van der Waals surface area contributed by atoms with Crippen molar-refractivity contribution in [2.75, 3.05) is 4.90 Å². The van der Waals surface area contributed by atoms with Gasteiger partial charge in [-0.05, 0) is 75.7 Å². The Labute approximate surface area is 202 Å². The van der Waals surface area contributed by atoms with E-state index in [1.165, 1.54) is 12.1 Å². The van der Waals surface area contributed by atoms with Crippen LogP contribution >= 0.6 is 0 Å². The number of benzene rings is 2. The van der Waals surface area contributed by atoms with E-state index in [1.54, 1.807) is 29.2 Å².